The molecule has 0 aromatic rings. The summed E-state index contributed by atoms with van der Waals surface area (Å²) in [5, 5.41) is 0. The van der Waals surface area contributed by atoms with Crippen molar-refractivity contribution in [3.05, 3.63) is 11.1 Å². The first-order valence-electron chi connectivity index (χ1n) is 5.87. The third kappa shape index (κ3) is 1.36. The summed E-state index contributed by atoms with van der Waals surface area (Å²) in [6, 6.07) is 0.934. The first kappa shape index (κ1) is 9.25. The number of carbonyl (C=O) groups excluding carboxylic acids is 1. The van der Waals surface area contributed by atoms with Crippen molar-refractivity contribution in [2.45, 2.75) is 50.6 Å². The number of nitrogens with zero attached hydrogens (tertiary/aromatic N) is 1. The first-order valence-corrected chi connectivity index (χ1v) is 5.87. The number of ether oxygens (including phenoxy) is 1. The van der Waals surface area contributed by atoms with Crippen LogP contribution in [0.3, 0.4) is 0 Å². The van der Waals surface area contributed by atoms with Crippen LogP contribution in [0.25, 0.3) is 0 Å². The van der Waals surface area contributed by atoms with Gasteiger partial charge < -0.3 is 4.74 Å². The highest BCUT2D eigenvalue weighted by Crippen LogP contribution is 2.47. The van der Waals surface area contributed by atoms with E-state index in [0.29, 0.717) is 12.1 Å². The van der Waals surface area contributed by atoms with E-state index in [1.165, 1.54) is 32.8 Å². The molecule has 82 valence electrons. The number of hydrogen-bond acceptors (Lipinski definition) is 2. The van der Waals surface area contributed by atoms with E-state index >= 15 is 0 Å². The Balaban J connectivity index is 1.73. The van der Waals surface area contributed by atoms with Gasteiger partial charge >= 0.3 is 6.09 Å². The van der Waals surface area contributed by atoms with Gasteiger partial charge in [-0.15, -0.1) is 0 Å². The Hall–Kier alpha value is -0.990. The van der Waals surface area contributed by atoms with Gasteiger partial charge in [0.25, 0.3) is 0 Å². The zero-order chi connectivity index (χ0) is 10.4. The summed E-state index contributed by atoms with van der Waals surface area (Å²) in [5.41, 5.74) is 3.29. The zero-order valence-corrected chi connectivity index (χ0v) is 9.16. The Morgan fingerprint density at radius 1 is 1.20 bits per heavy atom. The lowest BCUT2D eigenvalue weighted by Gasteiger charge is -2.22. The minimum absolute atomic E-state index is 0.134. The van der Waals surface area contributed by atoms with Crippen LogP contribution in [-0.4, -0.2) is 30.2 Å². The fourth-order valence-corrected chi connectivity index (χ4v) is 3.21. The highest BCUT2D eigenvalue weighted by Gasteiger charge is 2.54. The molecule has 0 unspecified atom stereocenters. The van der Waals surface area contributed by atoms with Crippen molar-refractivity contribution in [2.75, 3.05) is 7.11 Å². The van der Waals surface area contributed by atoms with E-state index in [0.717, 1.165) is 12.8 Å². The van der Waals surface area contributed by atoms with Crippen molar-refractivity contribution >= 4 is 6.09 Å². The Morgan fingerprint density at radius 3 is 2.20 bits per heavy atom. The van der Waals surface area contributed by atoms with Gasteiger partial charge in [0, 0.05) is 0 Å². The van der Waals surface area contributed by atoms with E-state index in [4.69, 9.17) is 4.74 Å². The van der Waals surface area contributed by atoms with Gasteiger partial charge in [-0.05, 0) is 38.5 Å². The Morgan fingerprint density at radius 2 is 1.73 bits per heavy atom. The maximum absolute atomic E-state index is 11.4. The molecule has 1 saturated heterocycles. The molecule has 1 fully saturated rings. The van der Waals surface area contributed by atoms with Crippen LogP contribution in [0.4, 0.5) is 4.79 Å². The lowest BCUT2D eigenvalue weighted by atomic mass is 9.82. The standard InChI is InChI=1S/C12H17NO2/c1-15-12(14)13-10-6-8-4-2-3-5-9(8)7-11(10)13/h10-11H,2-7H2,1H3/t10-,11-/m1/s1. The minimum Gasteiger partial charge on any atom is -0.453 e. The summed E-state index contributed by atoms with van der Waals surface area (Å²) in [6.07, 6.45) is 7.33. The van der Waals surface area contributed by atoms with Gasteiger partial charge in [0.05, 0.1) is 19.2 Å². The topological polar surface area (TPSA) is 29.3 Å². The molecule has 0 bridgehead atoms. The van der Waals surface area contributed by atoms with E-state index < -0.39 is 0 Å². The molecule has 2 atom stereocenters. The molecule has 3 rings (SSSR count). The second-order valence-corrected chi connectivity index (χ2v) is 4.83. The van der Waals surface area contributed by atoms with Crippen LogP contribution >= 0.6 is 0 Å². The molecule has 0 aromatic heterocycles. The third-order valence-corrected chi connectivity index (χ3v) is 4.07. The lowest BCUT2D eigenvalue weighted by molar-refractivity contribution is 0.150. The van der Waals surface area contributed by atoms with Gasteiger partial charge in [-0.2, -0.15) is 0 Å². The van der Waals surface area contributed by atoms with E-state index in [1.54, 1.807) is 11.1 Å². The Labute approximate surface area is 90.1 Å². The molecule has 15 heavy (non-hydrogen) atoms. The predicted octanol–water partition coefficient (Wildman–Crippen LogP) is 2.47. The number of methoxy groups -OCH3 is 1. The van der Waals surface area contributed by atoms with E-state index in [9.17, 15) is 4.79 Å². The first-order chi connectivity index (χ1) is 7.31. The monoisotopic (exact) mass is 207 g/mol. The van der Waals surface area contributed by atoms with Crippen molar-refractivity contribution in [2.24, 2.45) is 0 Å². The third-order valence-electron chi connectivity index (χ3n) is 4.07. The highest BCUT2D eigenvalue weighted by atomic mass is 16.5. The number of amides is 1. The average Bonchev–Trinajstić information content (AvgIpc) is 2.97. The molecule has 1 heterocycles. The number of fused-ring (bicyclic) bond motifs is 1. The lowest BCUT2D eigenvalue weighted by Crippen LogP contribution is -2.13. The van der Waals surface area contributed by atoms with E-state index in [-0.39, 0.29) is 6.09 Å². The van der Waals surface area contributed by atoms with E-state index in [2.05, 4.69) is 0 Å². The molecule has 1 aliphatic heterocycles. The van der Waals surface area contributed by atoms with Crippen LogP contribution in [0, 0.1) is 0 Å². The molecule has 2 aliphatic carbocycles. The summed E-state index contributed by atoms with van der Waals surface area (Å²) in [4.78, 5) is 13.3. The molecule has 3 heteroatoms. The molecule has 0 N–H and O–H groups in total. The molecule has 3 nitrogen and oxygen atoms in total. The summed E-state index contributed by atoms with van der Waals surface area (Å²) in [5.74, 6) is 0. The zero-order valence-electron chi connectivity index (χ0n) is 9.16. The van der Waals surface area contributed by atoms with Crippen molar-refractivity contribution < 1.29 is 9.53 Å². The largest absolute Gasteiger partial charge is 0.453 e. The number of carbonyl (C=O) groups is 1. The van der Waals surface area contributed by atoms with Crippen LogP contribution in [-0.2, 0) is 4.74 Å². The Bertz CT molecular complexity index is 311. The fourth-order valence-electron chi connectivity index (χ4n) is 3.21. The number of hydrogen-bond donors (Lipinski definition) is 0. The normalized spacial score (nSPS) is 33.3. The molecule has 0 aromatic carbocycles. The Kier molecular flexibility index (Phi) is 2.01. The molecule has 3 aliphatic rings. The number of rotatable bonds is 0. The van der Waals surface area contributed by atoms with Crippen LogP contribution < -0.4 is 0 Å². The van der Waals surface area contributed by atoms with Gasteiger partial charge in [-0.1, -0.05) is 11.1 Å². The van der Waals surface area contributed by atoms with Crippen molar-refractivity contribution in [1.29, 1.82) is 0 Å². The molecule has 0 saturated carbocycles. The predicted molar refractivity (Wildman–Crippen MR) is 56.5 cm³/mol. The van der Waals surface area contributed by atoms with Crippen molar-refractivity contribution in [3.8, 4) is 0 Å². The smallest absolute Gasteiger partial charge is 0.410 e. The summed E-state index contributed by atoms with van der Waals surface area (Å²) in [7, 11) is 1.47. The molecular formula is C12H17NO2. The summed E-state index contributed by atoms with van der Waals surface area (Å²) < 4.78 is 4.79. The quantitative estimate of drug-likeness (QED) is 0.451. The molecule has 0 radical (unpaired) electrons. The maximum Gasteiger partial charge on any atom is 0.410 e. The van der Waals surface area contributed by atoms with Crippen LogP contribution in [0.15, 0.2) is 11.1 Å². The van der Waals surface area contributed by atoms with Crippen molar-refractivity contribution in [1.82, 2.24) is 4.90 Å². The fraction of sp³-hybridized carbons (Fsp3) is 0.750. The average molecular weight is 207 g/mol. The highest BCUT2D eigenvalue weighted by molar-refractivity contribution is 5.72. The maximum atomic E-state index is 11.4. The molecular weight excluding hydrogens is 190 g/mol. The summed E-state index contributed by atoms with van der Waals surface area (Å²) in [6.45, 7) is 0. The van der Waals surface area contributed by atoms with Crippen LogP contribution in [0.2, 0.25) is 0 Å². The van der Waals surface area contributed by atoms with E-state index in [1.807, 2.05) is 4.90 Å². The second-order valence-electron chi connectivity index (χ2n) is 4.83. The second kappa shape index (κ2) is 3.26. The van der Waals surface area contributed by atoms with Crippen LogP contribution in [0.5, 0.6) is 0 Å². The molecule has 0 spiro atoms. The minimum atomic E-state index is -0.134. The van der Waals surface area contributed by atoms with Gasteiger partial charge in [-0.3, -0.25) is 4.90 Å². The van der Waals surface area contributed by atoms with Gasteiger partial charge in [0.2, 0.25) is 0 Å². The van der Waals surface area contributed by atoms with Gasteiger partial charge in [0.1, 0.15) is 0 Å². The van der Waals surface area contributed by atoms with Crippen LogP contribution in [0.1, 0.15) is 38.5 Å². The van der Waals surface area contributed by atoms with Gasteiger partial charge in [-0.25, -0.2) is 4.79 Å². The van der Waals surface area contributed by atoms with Gasteiger partial charge in [0.15, 0.2) is 0 Å². The molecule has 1 amide bonds. The summed E-state index contributed by atoms with van der Waals surface area (Å²) >= 11 is 0. The SMILES string of the molecule is COC(=O)N1[C@@H]2CC3=C(CCCC3)C[C@H]21. The van der Waals surface area contributed by atoms with Crippen molar-refractivity contribution in [3.63, 3.8) is 0 Å².